The Morgan fingerprint density at radius 2 is 2.25 bits per heavy atom. The van der Waals surface area contributed by atoms with E-state index in [1.807, 2.05) is 12.1 Å². The van der Waals surface area contributed by atoms with Gasteiger partial charge in [-0.05, 0) is 50.7 Å². The van der Waals surface area contributed by atoms with Crippen LogP contribution in [0.3, 0.4) is 0 Å². The highest BCUT2D eigenvalue weighted by Crippen LogP contribution is 2.29. The van der Waals surface area contributed by atoms with Crippen LogP contribution in [-0.4, -0.2) is 10.2 Å². The summed E-state index contributed by atoms with van der Waals surface area (Å²) in [5.41, 5.74) is 0.888. The lowest BCUT2D eigenvalue weighted by Crippen LogP contribution is -1.72. The first-order valence-electron chi connectivity index (χ1n) is 3.17. The van der Waals surface area contributed by atoms with E-state index in [2.05, 4.69) is 48.7 Å². The first kappa shape index (κ1) is 8.77. The Hall–Kier alpha value is 0.190. The number of nitrogens with one attached hydrogen (secondary N) is 1. The van der Waals surface area contributed by atoms with Crippen molar-refractivity contribution in [3.8, 4) is 0 Å². The van der Waals surface area contributed by atoms with Gasteiger partial charge in [0.2, 0.25) is 0 Å². The number of aromatic amines is 1. The highest BCUT2D eigenvalue weighted by molar-refractivity contribution is 14.1. The molecule has 0 atom stereocenters. The number of rotatable bonds is 0. The average molecular weight is 357 g/mol. The van der Waals surface area contributed by atoms with Gasteiger partial charge in [-0.15, -0.1) is 0 Å². The van der Waals surface area contributed by atoms with Crippen LogP contribution in [-0.2, 0) is 0 Å². The van der Waals surface area contributed by atoms with Gasteiger partial charge < -0.3 is 0 Å². The van der Waals surface area contributed by atoms with Crippen LogP contribution in [0.2, 0.25) is 5.02 Å². The fraction of sp³-hybridized carbons (Fsp3) is 0. The Bertz CT molecular complexity index is 440. The van der Waals surface area contributed by atoms with Crippen molar-refractivity contribution in [3.63, 3.8) is 0 Å². The highest BCUT2D eigenvalue weighted by atomic mass is 127. The Kier molecular flexibility index (Phi) is 2.31. The van der Waals surface area contributed by atoms with E-state index in [4.69, 9.17) is 11.6 Å². The van der Waals surface area contributed by atoms with Gasteiger partial charge in [0, 0.05) is 14.9 Å². The first-order valence-corrected chi connectivity index (χ1v) is 5.42. The van der Waals surface area contributed by atoms with E-state index in [-0.39, 0.29) is 0 Å². The normalized spacial score (nSPS) is 10.9. The molecule has 2 nitrogen and oxygen atoms in total. The van der Waals surface area contributed by atoms with Crippen molar-refractivity contribution >= 4 is 61.0 Å². The van der Waals surface area contributed by atoms with Crippen molar-refractivity contribution in [1.82, 2.24) is 10.2 Å². The third kappa shape index (κ3) is 1.36. The fourth-order valence-electron chi connectivity index (χ4n) is 1.03. The number of halogens is 3. The fourth-order valence-corrected chi connectivity index (χ4v) is 3.08. The number of benzene rings is 1. The molecule has 1 aromatic carbocycles. The molecule has 0 saturated heterocycles. The lowest BCUT2D eigenvalue weighted by Gasteiger charge is -1.94. The Labute approximate surface area is 95.9 Å². The van der Waals surface area contributed by atoms with Crippen molar-refractivity contribution in [2.24, 2.45) is 0 Å². The average Bonchev–Trinajstić information content (AvgIpc) is 2.31. The maximum atomic E-state index is 5.85. The molecule has 0 spiro atoms. The van der Waals surface area contributed by atoms with Gasteiger partial charge in [0.25, 0.3) is 0 Å². The molecule has 0 fully saturated rings. The minimum atomic E-state index is 0.692. The maximum absolute atomic E-state index is 5.85. The molecule has 2 rings (SSSR count). The van der Waals surface area contributed by atoms with Crippen molar-refractivity contribution in [1.29, 1.82) is 0 Å². The summed E-state index contributed by atoms with van der Waals surface area (Å²) in [6.07, 6.45) is 0. The third-order valence-corrected chi connectivity index (χ3v) is 3.15. The maximum Gasteiger partial charge on any atom is 0.105 e. The molecule has 0 aliphatic heterocycles. The molecule has 0 radical (unpaired) electrons. The molecule has 12 heavy (non-hydrogen) atoms. The van der Waals surface area contributed by atoms with Gasteiger partial charge in [-0.25, -0.2) is 0 Å². The van der Waals surface area contributed by atoms with E-state index < -0.39 is 0 Å². The molecule has 2 aromatic rings. The molecule has 0 aliphatic carbocycles. The van der Waals surface area contributed by atoms with Crippen LogP contribution in [0, 0.1) is 3.70 Å². The van der Waals surface area contributed by atoms with E-state index in [1.165, 1.54) is 0 Å². The van der Waals surface area contributed by atoms with Crippen LogP contribution in [0.15, 0.2) is 16.6 Å². The molecule has 0 saturated carbocycles. The van der Waals surface area contributed by atoms with Crippen LogP contribution < -0.4 is 0 Å². The molecule has 0 amide bonds. The number of fused-ring (bicyclic) bond motifs is 1. The lowest BCUT2D eigenvalue weighted by atomic mass is 10.3. The number of H-pyrrole nitrogens is 1. The second-order valence-electron chi connectivity index (χ2n) is 2.32. The minimum absolute atomic E-state index is 0.692. The van der Waals surface area contributed by atoms with Crippen molar-refractivity contribution < 1.29 is 0 Å². The summed E-state index contributed by atoms with van der Waals surface area (Å²) in [7, 11) is 0. The molecule has 1 N–H and O–H groups in total. The topological polar surface area (TPSA) is 28.7 Å². The molecule has 1 heterocycles. The predicted octanol–water partition coefficient (Wildman–Crippen LogP) is 3.58. The van der Waals surface area contributed by atoms with E-state index >= 15 is 0 Å². The van der Waals surface area contributed by atoms with E-state index in [0.717, 1.165) is 19.1 Å². The predicted molar refractivity (Wildman–Crippen MR) is 61.5 cm³/mol. The zero-order chi connectivity index (χ0) is 8.72. The minimum Gasteiger partial charge on any atom is -0.271 e. The zero-order valence-electron chi connectivity index (χ0n) is 5.74. The number of aromatic nitrogens is 2. The molecular formula is C7H3BrClIN2. The first-order chi connectivity index (χ1) is 5.68. The summed E-state index contributed by atoms with van der Waals surface area (Å²) in [6, 6.07) is 3.70. The Balaban J connectivity index is 2.93. The van der Waals surface area contributed by atoms with Crippen LogP contribution in [0.1, 0.15) is 0 Å². The summed E-state index contributed by atoms with van der Waals surface area (Å²) in [5.74, 6) is 0. The summed E-state index contributed by atoms with van der Waals surface area (Å²) < 4.78 is 1.99. The summed E-state index contributed by atoms with van der Waals surface area (Å²) >= 11 is 11.5. The number of hydrogen-bond acceptors (Lipinski definition) is 1. The Morgan fingerprint density at radius 1 is 1.50 bits per heavy atom. The quantitative estimate of drug-likeness (QED) is 0.718. The monoisotopic (exact) mass is 356 g/mol. The third-order valence-electron chi connectivity index (χ3n) is 1.53. The molecule has 0 bridgehead atoms. The number of nitrogens with zero attached hydrogens (tertiary/aromatic N) is 1. The van der Waals surface area contributed by atoms with Gasteiger partial charge in [-0.3, -0.25) is 5.10 Å². The van der Waals surface area contributed by atoms with E-state index in [1.54, 1.807) is 0 Å². The van der Waals surface area contributed by atoms with E-state index in [0.29, 0.717) is 5.02 Å². The molecule has 1 aromatic heterocycles. The van der Waals surface area contributed by atoms with Crippen LogP contribution in [0.5, 0.6) is 0 Å². The van der Waals surface area contributed by atoms with Gasteiger partial charge in [0.05, 0.1) is 5.52 Å². The van der Waals surface area contributed by atoms with Gasteiger partial charge in [-0.1, -0.05) is 11.6 Å². The second kappa shape index (κ2) is 3.16. The highest BCUT2D eigenvalue weighted by Gasteiger charge is 2.07. The smallest absolute Gasteiger partial charge is 0.105 e. The number of hydrogen-bond donors (Lipinski definition) is 1. The SMILES string of the molecule is Clc1cc(Br)c2c(I)[nH]nc2c1. The summed E-state index contributed by atoms with van der Waals surface area (Å²) in [4.78, 5) is 0. The van der Waals surface area contributed by atoms with Crippen LogP contribution in [0.25, 0.3) is 10.9 Å². The van der Waals surface area contributed by atoms with Gasteiger partial charge >= 0.3 is 0 Å². The second-order valence-corrected chi connectivity index (χ2v) is 4.69. The van der Waals surface area contributed by atoms with Gasteiger partial charge in [0.15, 0.2) is 0 Å². The summed E-state index contributed by atoms with van der Waals surface area (Å²) in [6.45, 7) is 0. The van der Waals surface area contributed by atoms with Crippen LogP contribution in [0.4, 0.5) is 0 Å². The van der Waals surface area contributed by atoms with Crippen LogP contribution >= 0.6 is 50.1 Å². The van der Waals surface area contributed by atoms with Gasteiger partial charge in [0.1, 0.15) is 3.70 Å². The molecule has 5 heteroatoms. The van der Waals surface area contributed by atoms with Crippen molar-refractivity contribution in [2.45, 2.75) is 0 Å². The molecular weight excluding hydrogens is 354 g/mol. The molecule has 0 aliphatic rings. The van der Waals surface area contributed by atoms with Gasteiger partial charge in [-0.2, -0.15) is 5.10 Å². The largest absolute Gasteiger partial charge is 0.271 e. The van der Waals surface area contributed by atoms with Crippen molar-refractivity contribution in [2.75, 3.05) is 0 Å². The lowest BCUT2D eigenvalue weighted by molar-refractivity contribution is 1.09. The van der Waals surface area contributed by atoms with Crippen molar-refractivity contribution in [3.05, 3.63) is 25.3 Å². The molecule has 0 unspecified atom stereocenters. The Morgan fingerprint density at radius 3 is 3.00 bits per heavy atom. The standard InChI is InChI=1S/C7H3BrClIN2/c8-4-1-3(9)2-5-6(4)7(10)12-11-5/h1-2H,(H,11,12). The van der Waals surface area contributed by atoms with E-state index in [9.17, 15) is 0 Å². The molecule has 62 valence electrons. The zero-order valence-corrected chi connectivity index (χ0v) is 10.2. The summed E-state index contributed by atoms with van der Waals surface area (Å²) in [5, 5.41) is 8.76.